The van der Waals surface area contributed by atoms with Crippen molar-refractivity contribution in [3.8, 4) is 0 Å². The Hall–Kier alpha value is -2.22. The van der Waals surface area contributed by atoms with Gasteiger partial charge in [0.15, 0.2) is 5.11 Å². The van der Waals surface area contributed by atoms with Crippen LogP contribution in [0.4, 0.5) is 11.4 Å². The molecule has 1 fully saturated rings. The van der Waals surface area contributed by atoms with Crippen LogP contribution in [-0.4, -0.2) is 40.6 Å². The van der Waals surface area contributed by atoms with Crippen LogP contribution in [0.1, 0.15) is 19.8 Å². The van der Waals surface area contributed by atoms with Crippen LogP contribution in [0.15, 0.2) is 24.3 Å². The third kappa shape index (κ3) is 4.62. The molecular weight excluding hydrogens is 318 g/mol. The molecule has 124 valence electrons. The van der Waals surface area contributed by atoms with Crippen LogP contribution in [0.2, 0.25) is 0 Å². The van der Waals surface area contributed by atoms with Gasteiger partial charge in [-0.3, -0.25) is 14.9 Å². The highest BCUT2D eigenvalue weighted by molar-refractivity contribution is 7.80. The van der Waals surface area contributed by atoms with Gasteiger partial charge in [0.2, 0.25) is 0 Å². The summed E-state index contributed by atoms with van der Waals surface area (Å²) >= 11 is 5.37. The van der Waals surface area contributed by atoms with Crippen LogP contribution in [0.25, 0.3) is 0 Å². The van der Waals surface area contributed by atoms with Gasteiger partial charge >= 0.3 is 5.97 Å². The first kappa shape index (κ1) is 17.1. The molecule has 2 rings (SSSR count). The van der Waals surface area contributed by atoms with Crippen molar-refractivity contribution in [2.75, 3.05) is 25.0 Å². The van der Waals surface area contributed by atoms with Crippen LogP contribution in [0.3, 0.4) is 0 Å². The molecule has 1 saturated heterocycles. The Labute approximate surface area is 139 Å². The normalized spacial score (nSPS) is 17.4. The second-order valence-electron chi connectivity index (χ2n) is 5.27. The number of esters is 1. The summed E-state index contributed by atoms with van der Waals surface area (Å²) in [4.78, 5) is 24.0. The molecule has 7 nitrogen and oxygen atoms in total. The summed E-state index contributed by atoms with van der Waals surface area (Å²) in [6.07, 6.45) is 1.67. The lowest BCUT2D eigenvalue weighted by Crippen LogP contribution is -2.44. The zero-order valence-corrected chi connectivity index (χ0v) is 13.7. The minimum absolute atomic E-state index is 0.0295. The van der Waals surface area contributed by atoms with Crippen LogP contribution in [0.5, 0.6) is 0 Å². The number of anilines is 1. The lowest BCUT2D eigenvalue weighted by molar-refractivity contribution is -0.384. The predicted molar refractivity (Wildman–Crippen MR) is 90.2 cm³/mol. The van der Waals surface area contributed by atoms with Crippen LogP contribution >= 0.6 is 12.2 Å². The Morgan fingerprint density at radius 3 is 2.78 bits per heavy atom. The summed E-state index contributed by atoms with van der Waals surface area (Å²) in [5.74, 6) is -0.351. The molecule has 0 aromatic heterocycles. The van der Waals surface area contributed by atoms with Crippen molar-refractivity contribution in [1.82, 2.24) is 4.90 Å². The average molecular weight is 337 g/mol. The third-order valence-electron chi connectivity index (χ3n) is 3.66. The van der Waals surface area contributed by atoms with Crippen molar-refractivity contribution < 1.29 is 14.5 Å². The number of nitro groups is 1. The highest BCUT2D eigenvalue weighted by atomic mass is 32.1. The number of nitrogens with zero attached hydrogens (tertiary/aromatic N) is 2. The number of hydrogen-bond donors (Lipinski definition) is 1. The van der Waals surface area contributed by atoms with Crippen molar-refractivity contribution >= 4 is 34.7 Å². The van der Waals surface area contributed by atoms with E-state index < -0.39 is 4.92 Å². The van der Waals surface area contributed by atoms with Crippen LogP contribution in [-0.2, 0) is 9.53 Å². The van der Waals surface area contributed by atoms with E-state index in [0.29, 0.717) is 24.0 Å². The molecule has 1 aromatic carbocycles. The number of nitrogens with one attached hydrogen (secondary N) is 1. The fraction of sp³-hybridized carbons (Fsp3) is 0.467. The number of rotatable bonds is 4. The van der Waals surface area contributed by atoms with E-state index >= 15 is 0 Å². The summed E-state index contributed by atoms with van der Waals surface area (Å²) in [5.41, 5.74) is 0.709. The monoisotopic (exact) mass is 337 g/mol. The van der Waals surface area contributed by atoms with Crippen LogP contribution in [0, 0.1) is 16.0 Å². The number of benzene rings is 1. The molecule has 1 heterocycles. The average Bonchev–Trinajstić information content (AvgIpc) is 2.55. The molecule has 1 aromatic rings. The number of nitro benzene ring substituents is 1. The molecule has 1 aliphatic rings. The quantitative estimate of drug-likeness (QED) is 0.391. The lowest BCUT2D eigenvalue weighted by atomic mass is 9.98. The van der Waals surface area contributed by atoms with E-state index in [9.17, 15) is 14.9 Å². The fourth-order valence-corrected chi connectivity index (χ4v) is 2.77. The standard InChI is InChI=1S/C15H19N3O4S/c1-2-22-14(19)11-4-3-9-17(10-11)15(23)16-12-5-7-13(8-6-12)18(20)21/h5-8,11H,2-4,9-10H2,1H3,(H,16,23)/t11-/m0/s1. The summed E-state index contributed by atoms with van der Waals surface area (Å²) in [6.45, 7) is 3.46. The zero-order chi connectivity index (χ0) is 16.8. The highest BCUT2D eigenvalue weighted by Gasteiger charge is 2.28. The predicted octanol–water partition coefficient (Wildman–Crippen LogP) is 2.57. The van der Waals surface area contributed by atoms with Gasteiger partial charge in [0.1, 0.15) is 0 Å². The number of piperidine rings is 1. The molecule has 0 aliphatic carbocycles. The molecule has 1 atom stereocenters. The number of carbonyl (C=O) groups is 1. The second kappa shape index (κ2) is 7.87. The molecule has 0 radical (unpaired) electrons. The molecular formula is C15H19N3O4S. The van der Waals surface area contributed by atoms with E-state index in [1.807, 2.05) is 4.90 Å². The Bertz CT molecular complexity index is 591. The Balaban J connectivity index is 1.94. The van der Waals surface area contributed by atoms with E-state index in [1.54, 1.807) is 19.1 Å². The molecule has 1 N–H and O–H groups in total. The maximum absolute atomic E-state index is 11.8. The number of hydrogen-bond acceptors (Lipinski definition) is 5. The summed E-state index contributed by atoms with van der Waals surface area (Å²) in [5, 5.41) is 14.2. The van der Waals surface area contributed by atoms with Gasteiger partial charge in [-0.15, -0.1) is 0 Å². The first-order valence-electron chi connectivity index (χ1n) is 7.48. The van der Waals surface area contributed by atoms with Crippen molar-refractivity contribution in [2.45, 2.75) is 19.8 Å². The fourth-order valence-electron chi connectivity index (χ4n) is 2.48. The van der Waals surface area contributed by atoms with Gasteiger partial charge in [-0.2, -0.15) is 0 Å². The topological polar surface area (TPSA) is 84.7 Å². The summed E-state index contributed by atoms with van der Waals surface area (Å²) < 4.78 is 5.07. The van der Waals surface area contributed by atoms with E-state index in [1.165, 1.54) is 12.1 Å². The molecule has 8 heteroatoms. The Morgan fingerprint density at radius 1 is 1.48 bits per heavy atom. The Morgan fingerprint density at radius 2 is 2.17 bits per heavy atom. The smallest absolute Gasteiger partial charge is 0.310 e. The van der Waals surface area contributed by atoms with Gasteiger partial charge in [0, 0.05) is 30.9 Å². The van der Waals surface area contributed by atoms with Gasteiger partial charge in [0.25, 0.3) is 5.69 Å². The first-order chi connectivity index (χ1) is 11.0. The lowest BCUT2D eigenvalue weighted by Gasteiger charge is -2.33. The first-order valence-corrected chi connectivity index (χ1v) is 7.89. The maximum Gasteiger partial charge on any atom is 0.310 e. The van der Waals surface area contributed by atoms with Crippen molar-refractivity contribution in [2.24, 2.45) is 5.92 Å². The van der Waals surface area contributed by atoms with Crippen molar-refractivity contribution in [3.05, 3.63) is 34.4 Å². The molecule has 0 unspecified atom stereocenters. The van der Waals surface area contributed by atoms with E-state index in [-0.39, 0.29) is 17.6 Å². The SMILES string of the molecule is CCOC(=O)[C@H]1CCCN(C(=S)Nc2ccc([N+](=O)[O-])cc2)C1. The van der Waals surface area contributed by atoms with Crippen molar-refractivity contribution in [3.63, 3.8) is 0 Å². The van der Waals surface area contributed by atoms with Crippen molar-refractivity contribution in [1.29, 1.82) is 0 Å². The van der Waals surface area contributed by atoms with Gasteiger partial charge in [-0.25, -0.2) is 0 Å². The number of ether oxygens (including phenoxy) is 1. The second-order valence-corrected chi connectivity index (χ2v) is 5.66. The molecule has 1 aliphatic heterocycles. The molecule has 23 heavy (non-hydrogen) atoms. The third-order valence-corrected chi connectivity index (χ3v) is 4.02. The van der Waals surface area contributed by atoms with E-state index in [4.69, 9.17) is 17.0 Å². The number of thiocarbonyl (C=S) groups is 1. The van der Waals surface area contributed by atoms with E-state index in [2.05, 4.69) is 5.32 Å². The van der Waals surface area contributed by atoms with Gasteiger partial charge in [0.05, 0.1) is 17.4 Å². The molecule has 0 amide bonds. The molecule has 0 spiro atoms. The number of likely N-dealkylation sites (tertiary alicyclic amines) is 1. The van der Waals surface area contributed by atoms with Gasteiger partial charge < -0.3 is 15.0 Å². The van der Waals surface area contributed by atoms with Crippen LogP contribution < -0.4 is 5.32 Å². The number of non-ortho nitro benzene ring substituents is 1. The highest BCUT2D eigenvalue weighted by Crippen LogP contribution is 2.20. The molecule has 0 saturated carbocycles. The zero-order valence-electron chi connectivity index (χ0n) is 12.9. The Kier molecular flexibility index (Phi) is 5.86. The minimum atomic E-state index is -0.448. The summed E-state index contributed by atoms with van der Waals surface area (Å²) in [7, 11) is 0. The minimum Gasteiger partial charge on any atom is -0.466 e. The van der Waals surface area contributed by atoms with Gasteiger partial charge in [-0.05, 0) is 44.1 Å². The van der Waals surface area contributed by atoms with E-state index in [0.717, 1.165) is 19.4 Å². The molecule has 0 bridgehead atoms. The largest absolute Gasteiger partial charge is 0.466 e. The number of carbonyl (C=O) groups excluding carboxylic acids is 1. The maximum atomic E-state index is 11.8. The summed E-state index contributed by atoms with van der Waals surface area (Å²) in [6, 6.07) is 6.06. The van der Waals surface area contributed by atoms with Gasteiger partial charge in [-0.1, -0.05) is 0 Å².